The van der Waals surface area contributed by atoms with Gasteiger partial charge in [0.25, 0.3) is 0 Å². The minimum Gasteiger partial charge on any atom is -0.508 e. The molecule has 0 heterocycles. The highest BCUT2D eigenvalue weighted by Gasteiger charge is 2.05. The first-order chi connectivity index (χ1) is 6.84. The van der Waals surface area contributed by atoms with E-state index in [1.54, 1.807) is 18.2 Å². The number of phenolic OH excluding ortho intramolecular Hbond substituents is 1. The molecule has 0 saturated heterocycles. The number of phenols is 1. The Morgan fingerprint density at radius 3 is 2.86 bits per heavy atom. The fraction of sp³-hybridized carbons (Fsp3) is 0.333. The highest BCUT2D eigenvalue weighted by Crippen LogP contribution is 2.24. The molecule has 0 unspecified atom stereocenters. The van der Waals surface area contributed by atoms with Crippen LogP contribution in [0.4, 0.5) is 0 Å². The SMILES string of the molecule is Oc1cccc(OC2=CCCCC2)c1. The number of hydrogen-bond acceptors (Lipinski definition) is 2. The Kier molecular flexibility index (Phi) is 2.73. The van der Waals surface area contributed by atoms with Crippen molar-refractivity contribution in [1.29, 1.82) is 0 Å². The van der Waals surface area contributed by atoms with Crippen molar-refractivity contribution < 1.29 is 9.84 Å². The van der Waals surface area contributed by atoms with E-state index in [9.17, 15) is 5.11 Å². The summed E-state index contributed by atoms with van der Waals surface area (Å²) in [6.07, 6.45) is 6.70. The van der Waals surface area contributed by atoms with E-state index in [4.69, 9.17) is 4.74 Å². The number of aromatic hydroxyl groups is 1. The second kappa shape index (κ2) is 4.18. The van der Waals surface area contributed by atoms with Gasteiger partial charge >= 0.3 is 0 Å². The maximum Gasteiger partial charge on any atom is 0.130 e. The normalized spacial score (nSPS) is 16.1. The van der Waals surface area contributed by atoms with Crippen LogP contribution in [-0.4, -0.2) is 5.11 Å². The molecule has 0 amide bonds. The van der Waals surface area contributed by atoms with Crippen LogP contribution in [0.2, 0.25) is 0 Å². The second-order valence-electron chi connectivity index (χ2n) is 3.52. The molecule has 1 aromatic rings. The molecule has 0 bridgehead atoms. The average Bonchev–Trinajstić information content (AvgIpc) is 2.19. The lowest BCUT2D eigenvalue weighted by Gasteiger charge is -2.13. The van der Waals surface area contributed by atoms with E-state index in [1.807, 2.05) is 6.07 Å². The molecular formula is C12H14O2. The van der Waals surface area contributed by atoms with Crippen LogP contribution < -0.4 is 4.74 Å². The lowest BCUT2D eigenvalue weighted by atomic mass is 10.1. The summed E-state index contributed by atoms with van der Waals surface area (Å²) in [5, 5.41) is 9.24. The van der Waals surface area contributed by atoms with E-state index in [2.05, 4.69) is 6.08 Å². The Bertz CT molecular complexity index is 342. The predicted octanol–water partition coefficient (Wildman–Crippen LogP) is 3.23. The standard InChI is InChI=1S/C12H14O2/c13-10-5-4-8-12(9-10)14-11-6-2-1-3-7-11/h4-6,8-9,13H,1-3,7H2. The molecule has 0 aromatic heterocycles. The monoisotopic (exact) mass is 190 g/mol. The molecule has 0 saturated carbocycles. The molecule has 0 spiro atoms. The maximum absolute atomic E-state index is 9.24. The number of allylic oxidation sites excluding steroid dienone is 2. The van der Waals surface area contributed by atoms with Gasteiger partial charge in [0.2, 0.25) is 0 Å². The van der Waals surface area contributed by atoms with Crippen LogP contribution in [0, 0.1) is 0 Å². The zero-order valence-electron chi connectivity index (χ0n) is 8.07. The highest BCUT2D eigenvalue weighted by molar-refractivity contribution is 5.32. The summed E-state index contributed by atoms with van der Waals surface area (Å²) < 4.78 is 5.64. The van der Waals surface area contributed by atoms with Crippen molar-refractivity contribution in [2.75, 3.05) is 0 Å². The molecule has 1 aliphatic carbocycles. The third-order valence-electron chi connectivity index (χ3n) is 2.32. The molecule has 1 N–H and O–H groups in total. The number of ether oxygens (including phenoxy) is 1. The Labute approximate surface area is 83.8 Å². The smallest absolute Gasteiger partial charge is 0.130 e. The molecule has 2 heteroatoms. The predicted molar refractivity (Wildman–Crippen MR) is 55.3 cm³/mol. The van der Waals surface area contributed by atoms with Crippen molar-refractivity contribution in [3.05, 3.63) is 36.1 Å². The van der Waals surface area contributed by atoms with Gasteiger partial charge in [-0.3, -0.25) is 0 Å². The van der Waals surface area contributed by atoms with Crippen molar-refractivity contribution >= 4 is 0 Å². The van der Waals surface area contributed by atoms with E-state index in [0.29, 0.717) is 0 Å². The minimum atomic E-state index is 0.249. The molecule has 0 atom stereocenters. The van der Waals surface area contributed by atoms with Gasteiger partial charge in [-0.15, -0.1) is 0 Å². The summed E-state index contributed by atoms with van der Waals surface area (Å²) in [6.45, 7) is 0. The van der Waals surface area contributed by atoms with E-state index in [-0.39, 0.29) is 5.75 Å². The lowest BCUT2D eigenvalue weighted by Crippen LogP contribution is -1.99. The first-order valence-electron chi connectivity index (χ1n) is 5.00. The number of rotatable bonds is 2. The number of benzene rings is 1. The molecule has 0 fully saturated rings. The average molecular weight is 190 g/mol. The van der Waals surface area contributed by atoms with Gasteiger partial charge in [0.05, 0.1) is 0 Å². The zero-order chi connectivity index (χ0) is 9.80. The summed E-state index contributed by atoms with van der Waals surface area (Å²) in [5.41, 5.74) is 0. The van der Waals surface area contributed by atoms with Gasteiger partial charge in [0, 0.05) is 12.5 Å². The molecule has 2 rings (SSSR count). The lowest BCUT2D eigenvalue weighted by molar-refractivity contribution is 0.380. The molecule has 0 radical (unpaired) electrons. The molecule has 1 aliphatic rings. The molecular weight excluding hydrogens is 176 g/mol. The van der Waals surface area contributed by atoms with Gasteiger partial charge < -0.3 is 9.84 Å². The van der Waals surface area contributed by atoms with Crippen LogP contribution in [0.5, 0.6) is 11.5 Å². The fourth-order valence-corrected chi connectivity index (χ4v) is 1.60. The summed E-state index contributed by atoms with van der Waals surface area (Å²) in [4.78, 5) is 0. The van der Waals surface area contributed by atoms with Crippen LogP contribution in [0.3, 0.4) is 0 Å². The molecule has 0 aliphatic heterocycles. The molecule has 1 aromatic carbocycles. The quantitative estimate of drug-likeness (QED) is 0.775. The third-order valence-corrected chi connectivity index (χ3v) is 2.32. The van der Waals surface area contributed by atoms with E-state index in [0.717, 1.165) is 24.4 Å². The minimum absolute atomic E-state index is 0.249. The third kappa shape index (κ3) is 2.28. The Morgan fingerprint density at radius 1 is 1.21 bits per heavy atom. The topological polar surface area (TPSA) is 29.5 Å². The summed E-state index contributed by atoms with van der Waals surface area (Å²) in [6, 6.07) is 6.92. The summed E-state index contributed by atoms with van der Waals surface area (Å²) in [7, 11) is 0. The Morgan fingerprint density at radius 2 is 2.14 bits per heavy atom. The first-order valence-corrected chi connectivity index (χ1v) is 5.00. The van der Waals surface area contributed by atoms with Crippen molar-refractivity contribution in [2.45, 2.75) is 25.7 Å². The zero-order valence-corrected chi connectivity index (χ0v) is 8.07. The van der Waals surface area contributed by atoms with Crippen molar-refractivity contribution in [2.24, 2.45) is 0 Å². The summed E-state index contributed by atoms with van der Waals surface area (Å²) in [5.74, 6) is 2.00. The van der Waals surface area contributed by atoms with Gasteiger partial charge in [-0.05, 0) is 37.5 Å². The highest BCUT2D eigenvalue weighted by atomic mass is 16.5. The van der Waals surface area contributed by atoms with Crippen molar-refractivity contribution in [3.63, 3.8) is 0 Å². The van der Waals surface area contributed by atoms with Gasteiger partial charge in [-0.2, -0.15) is 0 Å². The molecule has 14 heavy (non-hydrogen) atoms. The van der Waals surface area contributed by atoms with Crippen molar-refractivity contribution in [3.8, 4) is 11.5 Å². The largest absolute Gasteiger partial charge is 0.508 e. The Hall–Kier alpha value is -1.44. The second-order valence-corrected chi connectivity index (χ2v) is 3.52. The summed E-state index contributed by atoms with van der Waals surface area (Å²) >= 11 is 0. The van der Waals surface area contributed by atoms with Crippen molar-refractivity contribution in [1.82, 2.24) is 0 Å². The first kappa shape index (κ1) is 9.13. The van der Waals surface area contributed by atoms with Gasteiger partial charge in [-0.1, -0.05) is 6.07 Å². The van der Waals surface area contributed by atoms with E-state index < -0.39 is 0 Å². The number of hydrogen-bond donors (Lipinski definition) is 1. The molecule has 74 valence electrons. The van der Waals surface area contributed by atoms with Gasteiger partial charge in [-0.25, -0.2) is 0 Å². The van der Waals surface area contributed by atoms with Crippen LogP contribution in [0.1, 0.15) is 25.7 Å². The van der Waals surface area contributed by atoms with Crippen LogP contribution in [0.25, 0.3) is 0 Å². The van der Waals surface area contributed by atoms with Crippen LogP contribution in [0.15, 0.2) is 36.1 Å². The molecule has 2 nitrogen and oxygen atoms in total. The van der Waals surface area contributed by atoms with Gasteiger partial charge in [0.15, 0.2) is 0 Å². The van der Waals surface area contributed by atoms with Crippen LogP contribution in [-0.2, 0) is 0 Å². The van der Waals surface area contributed by atoms with Gasteiger partial charge in [0.1, 0.15) is 17.3 Å². The van der Waals surface area contributed by atoms with E-state index >= 15 is 0 Å². The Balaban J connectivity index is 2.06. The maximum atomic E-state index is 9.24. The van der Waals surface area contributed by atoms with Crippen LogP contribution >= 0.6 is 0 Å². The van der Waals surface area contributed by atoms with E-state index in [1.165, 1.54) is 12.8 Å². The fourth-order valence-electron chi connectivity index (χ4n) is 1.60.